The molecular formula is C11H10F2O2. The number of halogens is 2. The zero-order valence-electron chi connectivity index (χ0n) is 8.11. The summed E-state index contributed by atoms with van der Waals surface area (Å²) in [5, 5.41) is 0. The van der Waals surface area contributed by atoms with Crippen LogP contribution >= 0.6 is 0 Å². The lowest BCUT2D eigenvalue weighted by Crippen LogP contribution is -2.05. The third-order valence-corrected chi connectivity index (χ3v) is 2.20. The van der Waals surface area contributed by atoms with Gasteiger partial charge in [0.1, 0.15) is 24.5 Å². The first kappa shape index (κ1) is 9.96. The van der Waals surface area contributed by atoms with Crippen LogP contribution in [0.15, 0.2) is 30.7 Å². The molecule has 1 aliphatic heterocycles. The van der Waals surface area contributed by atoms with E-state index >= 15 is 0 Å². The molecule has 1 unspecified atom stereocenters. The Bertz CT molecular complexity index is 380. The van der Waals surface area contributed by atoms with Crippen molar-refractivity contribution in [1.82, 2.24) is 0 Å². The molecule has 1 aromatic carbocycles. The summed E-state index contributed by atoms with van der Waals surface area (Å²) in [5.41, 5.74) is 0.376. The number of hydrogen-bond donors (Lipinski definition) is 0. The van der Waals surface area contributed by atoms with Crippen molar-refractivity contribution in [3.05, 3.63) is 47.7 Å². The molecule has 0 radical (unpaired) electrons. The summed E-state index contributed by atoms with van der Waals surface area (Å²) >= 11 is 0. The lowest BCUT2D eigenvalue weighted by molar-refractivity contribution is -0.0262. The van der Waals surface area contributed by atoms with E-state index in [9.17, 15) is 8.78 Å². The quantitative estimate of drug-likeness (QED) is 0.748. The van der Waals surface area contributed by atoms with Gasteiger partial charge in [0.15, 0.2) is 0 Å². The number of ether oxygens (including phenoxy) is 2. The third kappa shape index (κ3) is 1.79. The molecule has 0 spiro atoms. The summed E-state index contributed by atoms with van der Waals surface area (Å²) in [6, 6.07) is 4.31. The predicted molar refractivity (Wildman–Crippen MR) is 50.0 cm³/mol. The second-order valence-corrected chi connectivity index (χ2v) is 3.23. The molecule has 1 aliphatic rings. The molecule has 1 heterocycles. The van der Waals surface area contributed by atoms with Gasteiger partial charge in [0.05, 0.1) is 0 Å². The zero-order valence-corrected chi connectivity index (χ0v) is 8.11. The molecule has 0 N–H and O–H groups in total. The average Bonchev–Trinajstić information content (AvgIpc) is 2.69. The molecule has 0 saturated carbocycles. The van der Waals surface area contributed by atoms with Crippen LogP contribution in [-0.4, -0.2) is 0 Å². The molecule has 0 amide bonds. The molecule has 2 rings (SSSR count). The van der Waals surface area contributed by atoms with Gasteiger partial charge >= 0.3 is 0 Å². The Kier molecular flexibility index (Phi) is 2.58. The molecule has 2 nitrogen and oxygen atoms in total. The van der Waals surface area contributed by atoms with E-state index in [2.05, 4.69) is 0 Å². The van der Waals surface area contributed by atoms with E-state index in [0.717, 1.165) is 0 Å². The van der Waals surface area contributed by atoms with Crippen molar-refractivity contribution >= 4 is 0 Å². The van der Waals surface area contributed by atoms with Crippen LogP contribution in [0.3, 0.4) is 0 Å². The van der Waals surface area contributed by atoms with Gasteiger partial charge in [-0.2, -0.15) is 0 Å². The first-order valence-electron chi connectivity index (χ1n) is 4.58. The monoisotopic (exact) mass is 212 g/mol. The topological polar surface area (TPSA) is 18.5 Å². The first-order valence-corrected chi connectivity index (χ1v) is 4.58. The van der Waals surface area contributed by atoms with Gasteiger partial charge in [-0.15, -0.1) is 0 Å². The molecule has 1 aromatic rings. The minimum atomic E-state index is -1.39. The highest BCUT2D eigenvalue weighted by Gasteiger charge is 2.24. The van der Waals surface area contributed by atoms with E-state index in [1.807, 2.05) is 0 Å². The van der Waals surface area contributed by atoms with Crippen molar-refractivity contribution in [3.8, 4) is 0 Å². The van der Waals surface area contributed by atoms with Gasteiger partial charge in [0, 0.05) is 11.1 Å². The molecular weight excluding hydrogens is 202 g/mol. The fraction of sp³-hybridized carbons (Fsp3) is 0.273. The SMILES string of the molecule is CC(F)c1c(F)cccc1C1OC=CO1. The molecule has 0 bridgehead atoms. The third-order valence-electron chi connectivity index (χ3n) is 2.20. The minimum absolute atomic E-state index is 0.00815. The Balaban J connectivity index is 2.41. The normalized spacial score (nSPS) is 17.3. The Labute approximate surface area is 86.1 Å². The van der Waals surface area contributed by atoms with Crippen molar-refractivity contribution in [1.29, 1.82) is 0 Å². The van der Waals surface area contributed by atoms with E-state index in [1.165, 1.54) is 31.6 Å². The molecule has 4 heteroatoms. The predicted octanol–water partition coefficient (Wildman–Crippen LogP) is 3.37. The second-order valence-electron chi connectivity index (χ2n) is 3.23. The Morgan fingerprint density at radius 2 is 1.93 bits per heavy atom. The summed E-state index contributed by atoms with van der Waals surface area (Å²) < 4.78 is 36.7. The van der Waals surface area contributed by atoms with Crippen molar-refractivity contribution in [2.24, 2.45) is 0 Å². The summed E-state index contributed by atoms with van der Waals surface area (Å²) in [6.07, 6.45) is 0.563. The van der Waals surface area contributed by atoms with Gasteiger partial charge in [-0.3, -0.25) is 0 Å². The van der Waals surface area contributed by atoms with Crippen molar-refractivity contribution in [2.75, 3.05) is 0 Å². The number of hydrogen-bond acceptors (Lipinski definition) is 2. The standard InChI is InChI=1S/C11H10F2O2/c1-7(12)10-8(3-2-4-9(10)13)11-14-5-6-15-11/h2-7,11H,1H3. The van der Waals surface area contributed by atoms with Crippen LogP contribution in [0, 0.1) is 5.82 Å². The van der Waals surface area contributed by atoms with Crippen LogP contribution < -0.4 is 0 Å². The molecule has 15 heavy (non-hydrogen) atoms. The number of benzene rings is 1. The highest BCUT2D eigenvalue weighted by Crippen LogP contribution is 2.33. The van der Waals surface area contributed by atoms with Crippen LogP contribution in [-0.2, 0) is 9.47 Å². The maximum absolute atomic E-state index is 13.4. The van der Waals surface area contributed by atoms with E-state index in [1.54, 1.807) is 6.07 Å². The highest BCUT2D eigenvalue weighted by molar-refractivity contribution is 5.32. The van der Waals surface area contributed by atoms with Crippen LogP contribution in [0.2, 0.25) is 0 Å². The van der Waals surface area contributed by atoms with Crippen molar-refractivity contribution < 1.29 is 18.3 Å². The lowest BCUT2D eigenvalue weighted by atomic mass is 10.0. The Morgan fingerprint density at radius 3 is 2.53 bits per heavy atom. The van der Waals surface area contributed by atoms with Crippen molar-refractivity contribution in [3.63, 3.8) is 0 Å². The number of rotatable bonds is 2. The van der Waals surface area contributed by atoms with Gasteiger partial charge < -0.3 is 9.47 Å². The molecule has 0 saturated heterocycles. The van der Waals surface area contributed by atoms with Crippen LogP contribution in [0.1, 0.15) is 30.5 Å². The van der Waals surface area contributed by atoms with Crippen LogP contribution in [0.25, 0.3) is 0 Å². The molecule has 0 fully saturated rings. The maximum atomic E-state index is 13.4. The highest BCUT2D eigenvalue weighted by atomic mass is 19.1. The van der Waals surface area contributed by atoms with Crippen LogP contribution in [0.5, 0.6) is 0 Å². The fourth-order valence-corrected chi connectivity index (χ4v) is 1.56. The Morgan fingerprint density at radius 1 is 1.27 bits per heavy atom. The molecule has 1 atom stereocenters. The second kappa shape index (κ2) is 3.88. The van der Waals surface area contributed by atoms with Gasteiger partial charge in [-0.05, 0) is 13.0 Å². The van der Waals surface area contributed by atoms with Gasteiger partial charge in [0.2, 0.25) is 0 Å². The Hall–Kier alpha value is -1.58. The van der Waals surface area contributed by atoms with E-state index in [-0.39, 0.29) is 5.56 Å². The summed E-state index contributed by atoms with van der Waals surface area (Å²) in [5.74, 6) is -0.582. The van der Waals surface area contributed by atoms with Gasteiger partial charge in [0.25, 0.3) is 6.29 Å². The largest absolute Gasteiger partial charge is 0.455 e. The summed E-state index contributed by atoms with van der Waals surface area (Å²) in [4.78, 5) is 0. The van der Waals surface area contributed by atoms with E-state index in [0.29, 0.717) is 5.56 Å². The lowest BCUT2D eigenvalue weighted by Gasteiger charge is -2.16. The summed E-state index contributed by atoms with van der Waals surface area (Å²) in [7, 11) is 0. The molecule has 80 valence electrons. The zero-order chi connectivity index (χ0) is 10.8. The smallest absolute Gasteiger partial charge is 0.266 e. The fourth-order valence-electron chi connectivity index (χ4n) is 1.56. The van der Waals surface area contributed by atoms with Gasteiger partial charge in [-0.1, -0.05) is 12.1 Å². The first-order chi connectivity index (χ1) is 7.20. The average molecular weight is 212 g/mol. The maximum Gasteiger partial charge on any atom is 0.266 e. The van der Waals surface area contributed by atoms with Crippen LogP contribution in [0.4, 0.5) is 8.78 Å². The van der Waals surface area contributed by atoms with Crippen molar-refractivity contribution in [2.45, 2.75) is 19.4 Å². The molecule has 0 aliphatic carbocycles. The summed E-state index contributed by atoms with van der Waals surface area (Å²) in [6.45, 7) is 1.28. The van der Waals surface area contributed by atoms with Gasteiger partial charge in [-0.25, -0.2) is 8.78 Å². The van der Waals surface area contributed by atoms with E-state index < -0.39 is 18.3 Å². The number of alkyl halides is 1. The minimum Gasteiger partial charge on any atom is -0.455 e. The van der Waals surface area contributed by atoms with E-state index in [4.69, 9.17) is 9.47 Å². The molecule has 0 aromatic heterocycles.